The molecule has 0 heterocycles. The number of nitrogens with two attached hydrogens (primary N) is 1. The van der Waals surface area contributed by atoms with Crippen molar-refractivity contribution in [2.75, 3.05) is 19.5 Å². The summed E-state index contributed by atoms with van der Waals surface area (Å²) in [5.74, 6) is 0.112. The molecular weight excluding hydrogens is 358 g/mol. The first kappa shape index (κ1) is 22.8. The van der Waals surface area contributed by atoms with Crippen LogP contribution in [0, 0.1) is 5.92 Å². The molecule has 0 aliphatic heterocycles. The van der Waals surface area contributed by atoms with Crippen LogP contribution in [0.5, 0.6) is 5.75 Å². The first-order chi connectivity index (χ1) is 13.3. The Labute approximate surface area is 165 Å². The van der Waals surface area contributed by atoms with E-state index >= 15 is 0 Å². The molecule has 0 spiro atoms. The molecule has 2 rings (SSSR count). The Hall–Kier alpha value is -3.28. The van der Waals surface area contributed by atoms with Gasteiger partial charge in [-0.1, -0.05) is 26.0 Å². The fraction of sp³-hybridized carbons (Fsp3) is 0.273. The van der Waals surface area contributed by atoms with Gasteiger partial charge in [0, 0.05) is 11.8 Å². The second-order valence-electron chi connectivity index (χ2n) is 6.38. The molecule has 2 aromatic rings. The Bertz CT molecular complexity index is 765. The van der Waals surface area contributed by atoms with Crippen molar-refractivity contribution in [3.63, 3.8) is 0 Å². The highest BCUT2D eigenvalue weighted by Crippen LogP contribution is 2.12. The van der Waals surface area contributed by atoms with Crippen molar-refractivity contribution in [1.29, 1.82) is 0 Å². The molecule has 0 bridgehead atoms. The highest BCUT2D eigenvalue weighted by Gasteiger charge is 2.00. The van der Waals surface area contributed by atoms with E-state index in [1.165, 1.54) is 18.2 Å². The van der Waals surface area contributed by atoms with E-state index in [2.05, 4.69) is 13.8 Å². The van der Waals surface area contributed by atoms with Gasteiger partial charge < -0.3 is 20.3 Å². The molecular formula is C22H27NO5. The molecule has 0 radical (unpaired) electrons. The third-order valence-electron chi connectivity index (χ3n) is 3.62. The summed E-state index contributed by atoms with van der Waals surface area (Å²) in [5.41, 5.74) is 7.11. The van der Waals surface area contributed by atoms with Gasteiger partial charge in [-0.3, -0.25) is 0 Å². The molecule has 0 aliphatic rings. The Morgan fingerprint density at radius 2 is 1.68 bits per heavy atom. The van der Waals surface area contributed by atoms with Crippen LogP contribution in [0.3, 0.4) is 0 Å². The molecule has 0 saturated heterocycles. The lowest BCUT2D eigenvalue weighted by molar-refractivity contribution is -0.137. The molecule has 0 saturated carbocycles. The van der Waals surface area contributed by atoms with Crippen molar-refractivity contribution >= 4 is 23.7 Å². The van der Waals surface area contributed by atoms with E-state index in [9.17, 15) is 9.59 Å². The van der Waals surface area contributed by atoms with Crippen LogP contribution in [0.25, 0.3) is 6.08 Å². The number of benzene rings is 2. The molecule has 0 amide bonds. The normalized spacial score (nSPS) is 10.3. The zero-order chi connectivity index (χ0) is 20.9. The number of hydrogen-bond acceptors (Lipinski definition) is 5. The lowest BCUT2D eigenvalue weighted by Crippen LogP contribution is -2.04. The summed E-state index contributed by atoms with van der Waals surface area (Å²) in [4.78, 5) is 21.7. The fourth-order valence-corrected chi connectivity index (χ4v) is 1.95. The third-order valence-corrected chi connectivity index (χ3v) is 3.62. The van der Waals surface area contributed by atoms with Crippen LogP contribution in [0.1, 0.15) is 36.2 Å². The Balaban J connectivity index is 0.000000330. The van der Waals surface area contributed by atoms with Crippen LogP contribution in [0.2, 0.25) is 0 Å². The van der Waals surface area contributed by atoms with E-state index in [0.29, 0.717) is 18.2 Å². The minimum atomic E-state index is -0.931. The van der Waals surface area contributed by atoms with Crippen molar-refractivity contribution < 1.29 is 24.2 Å². The van der Waals surface area contributed by atoms with Crippen molar-refractivity contribution in [2.24, 2.45) is 5.92 Å². The lowest BCUT2D eigenvalue weighted by Gasteiger charge is -2.04. The molecule has 150 valence electrons. The van der Waals surface area contributed by atoms with E-state index in [1.807, 2.05) is 24.3 Å². The number of carboxylic acid groups (broad SMARTS) is 1. The summed E-state index contributed by atoms with van der Waals surface area (Å²) in [6.45, 7) is 4.67. The molecule has 0 atom stereocenters. The van der Waals surface area contributed by atoms with Gasteiger partial charge in [-0.2, -0.15) is 0 Å². The number of ether oxygens (including phenoxy) is 2. The molecule has 3 N–H and O–H groups in total. The van der Waals surface area contributed by atoms with E-state index in [-0.39, 0.29) is 11.5 Å². The molecule has 0 fully saturated rings. The monoisotopic (exact) mass is 385 g/mol. The van der Waals surface area contributed by atoms with E-state index in [0.717, 1.165) is 17.7 Å². The smallest absolute Gasteiger partial charge is 0.335 e. The van der Waals surface area contributed by atoms with Gasteiger partial charge in [0.15, 0.2) is 0 Å². The van der Waals surface area contributed by atoms with Gasteiger partial charge in [0.1, 0.15) is 5.75 Å². The standard InChI is InChI=1S/C15H20O3.C7H7NO2/c1-12(2)10-11-18-15(16)9-6-13-4-7-14(17-3)8-5-13;8-6-3-1-5(2-4-6)7(9)10/h4-9,12H,10-11H2,1-3H3;1-4H,8H2,(H,9,10). The summed E-state index contributed by atoms with van der Waals surface area (Å²) >= 11 is 0. The van der Waals surface area contributed by atoms with Gasteiger partial charge in [-0.25, -0.2) is 9.59 Å². The number of esters is 1. The van der Waals surface area contributed by atoms with Gasteiger partial charge in [-0.15, -0.1) is 0 Å². The number of carboxylic acids is 1. The van der Waals surface area contributed by atoms with E-state index in [4.69, 9.17) is 20.3 Å². The molecule has 0 aliphatic carbocycles. The fourth-order valence-electron chi connectivity index (χ4n) is 1.95. The predicted octanol–water partition coefficient (Wildman–Crippen LogP) is 4.26. The summed E-state index contributed by atoms with van der Waals surface area (Å²) in [7, 11) is 1.62. The lowest BCUT2D eigenvalue weighted by atomic mass is 10.1. The maximum absolute atomic E-state index is 11.4. The average Bonchev–Trinajstić information content (AvgIpc) is 2.67. The first-order valence-electron chi connectivity index (χ1n) is 8.89. The van der Waals surface area contributed by atoms with Gasteiger partial charge in [0.05, 0.1) is 19.3 Å². The summed E-state index contributed by atoms with van der Waals surface area (Å²) in [5, 5.41) is 8.43. The van der Waals surface area contributed by atoms with Crippen molar-refractivity contribution in [3.8, 4) is 5.75 Å². The summed E-state index contributed by atoms with van der Waals surface area (Å²) in [6.07, 6.45) is 4.07. The predicted molar refractivity (Wildman–Crippen MR) is 110 cm³/mol. The molecule has 0 unspecified atom stereocenters. The number of hydrogen-bond donors (Lipinski definition) is 2. The van der Waals surface area contributed by atoms with Crippen LogP contribution in [0.15, 0.2) is 54.6 Å². The van der Waals surface area contributed by atoms with Crippen LogP contribution in [-0.2, 0) is 9.53 Å². The summed E-state index contributed by atoms with van der Waals surface area (Å²) < 4.78 is 10.1. The highest BCUT2D eigenvalue weighted by molar-refractivity contribution is 5.88. The number of rotatable bonds is 7. The number of nitrogen functional groups attached to an aromatic ring is 1. The van der Waals surface area contributed by atoms with E-state index < -0.39 is 5.97 Å². The SMILES string of the molecule is COc1ccc(C=CC(=O)OCCC(C)C)cc1.Nc1ccc(C(=O)O)cc1. The van der Waals surface area contributed by atoms with Gasteiger partial charge in [0.25, 0.3) is 0 Å². The molecule has 0 aromatic heterocycles. The Kier molecular flexibility index (Phi) is 9.89. The highest BCUT2D eigenvalue weighted by atomic mass is 16.5. The van der Waals surface area contributed by atoms with Crippen molar-refractivity contribution in [2.45, 2.75) is 20.3 Å². The maximum atomic E-state index is 11.4. The second-order valence-corrected chi connectivity index (χ2v) is 6.38. The maximum Gasteiger partial charge on any atom is 0.335 e. The zero-order valence-corrected chi connectivity index (χ0v) is 16.4. The van der Waals surface area contributed by atoms with Crippen molar-refractivity contribution in [1.82, 2.24) is 0 Å². The number of aromatic carboxylic acids is 1. The second kappa shape index (κ2) is 12.2. The number of methoxy groups -OCH3 is 1. The largest absolute Gasteiger partial charge is 0.497 e. The number of carbonyl (C=O) groups excluding carboxylic acids is 1. The van der Waals surface area contributed by atoms with Gasteiger partial charge in [-0.05, 0) is 60.4 Å². The van der Waals surface area contributed by atoms with Crippen LogP contribution in [-0.4, -0.2) is 30.8 Å². The zero-order valence-electron chi connectivity index (χ0n) is 16.4. The number of carbonyl (C=O) groups is 2. The average molecular weight is 385 g/mol. The quantitative estimate of drug-likeness (QED) is 0.420. The van der Waals surface area contributed by atoms with Gasteiger partial charge in [0.2, 0.25) is 0 Å². The minimum Gasteiger partial charge on any atom is -0.497 e. The summed E-state index contributed by atoms with van der Waals surface area (Å²) in [6, 6.07) is 13.5. The van der Waals surface area contributed by atoms with Crippen LogP contribution < -0.4 is 10.5 Å². The third kappa shape index (κ3) is 9.43. The molecule has 6 heteroatoms. The number of anilines is 1. The van der Waals surface area contributed by atoms with Crippen LogP contribution >= 0.6 is 0 Å². The van der Waals surface area contributed by atoms with Crippen LogP contribution in [0.4, 0.5) is 5.69 Å². The van der Waals surface area contributed by atoms with E-state index in [1.54, 1.807) is 25.3 Å². The Morgan fingerprint density at radius 1 is 1.07 bits per heavy atom. The molecule has 2 aromatic carbocycles. The molecule has 6 nitrogen and oxygen atoms in total. The van der Waals surface area contributed by atoms with Crippen molar-refractivity contribution in [3.05, 3.63) is 65.7 Å². The Morgan fingerprint density at radius 3 is 2.18 bits per heavy atom. The first-order valence-corrected chi connectivity index (χ1v) is 8.89. The molecule has 28 heavy (non-hydrogen) atoms. The minimum absolute atomic E-state index is 0.259. The topological polar surface area (TPSA) is 98.9 Å². The van der Waals surface area contributed by atoms with Gasteiger partial charge >= 0.3 is 11.9 Å².